The number of hydrogen-bond acceptors (Lipinski definition) is 5. The van der Waals surface area contributed by atoms with Gasteiger partial charge in [-0.1, -0.05) is 0 Å². The predicted molar refractivity (Wildman–Crippen MR) is 97.9 cm³/mol. The molecule has 2 heterocycles. The Bertz CT molecular complexity index is 783. The molecule has 2 aromatic heterocycles. The fourth-order valence-electron chi connectivity index (χ4n) is 1.64. The maximum atomic E-state index is 11.2. The van der Waals surface area contributed by atoms with Crippen LogP contribution in [0.2, 0.25) is 0 Å². The molecule has 26 heavy (non-hydrogen) atoms. The van der Waals surface area contributed by atoms with Crippen molar-refractivity contribution in [3.05, 3.63) is 51.8 Å². The zero-order valence-electron chi connectivity index (χ0n) is 16.0. The Kier molecular flexibility index (Phi) is 6.44. The number of carbonyl (C=O) groups excluding carboxylic acids is 1. The number of carbonyl (C=O) groups is 1. The summed E-state index contributed by atoms with van der Waals surface area (Å²) in [4.78, 5) is 32.7. The van der Waals surface area contributed by atoms with Crippen molar-refractivity contribution in [2.75, 3.05) is 0 Å². The molecule has 0 atom stereocenters. The van der Waals surface area contributed by atoms with E-state index in [2.05, 4.69) is 16.8 Å². The van der Waals surface area contributed by atoms with Gasteiger partial charge in [-0.3, -0.25) is 19.8 Å². The van der Waals surface area contributed by atoms with E-state index in [0.717, 1.165) is 4.68 Å². The summed E-state index contributed by atoms with van der Waals surface area (Å²) in [5.41, 5.74) is -1.36. The van der Waals surface area contributed by atoms with E-state index in [0.29, 0.717) is 5.88 Å². The Morgan fingerprint density at radius 2 is 1.31 bits per heavy atom. The van der Waals surface area contributed by atoms with Crippen molar-refractivity contribution >= 4 is 12.0 Å². The number of aromatic nitrogens is 4. The van der Waals surface area contributed by atoms with Crippen LogP contribution in [0, 0.1) is 0 Å². The van der Waals surface area contributed by atoms with Crippen LogP contribution in [0.4, 0.5) is 4.79 Å². The molecular weight excluding hydrogens is 340 g/mol. The van der Waals surface area contributed by atoms with Gasteiger partial charge in [-0.25, -0.2) is 9.48 Å². The van der Waals surface area contributed by atoms with Crippen molar-refractivity contribution in [1.29, 1.82) is 0 Å². The SMILES string of the molecule is C=C(OC(C)(C)C)n1ccc(=O)[nH]1.CC(C)(C)OC(=O)n1ccc(=O)[nH]1. The molecular formula is C17H26N4O5. The Balaban J connectivity index is 0.000000260. The Labute approximate surface area is 151 Å². The van der Waals surface area contributed by atoms with Crippen molar-refractivity contribution in [2.24, 2.45) is 0 Å². The molecule has 0 aliphatic rings. The third-order valence-corrected chi connectivity index (χ3v) is 2.49. The minimum absolute atomic E-state index is 0.168. The quantitative estimate of drug-likeness (QED) is 0.793. The van der Waals surface area contributed by atoms with Gasteiger partial charge in [0.15, 0.2) is 0 Å². The van der Waals surface area contributed by atoms with Gasteiger partial charge in [-0.15, -0.1) is 0 Å². The van der Waals surface area contributed by atoms with Crippen molar-refractivity contribution in [3.63, 3.8) is 0 Å². The maximum Gasteiger partial charge on any atom is 0.433 e. The smallest absolute Gasteiger partial charge is 0.433 e. The van der Waals surface area contributed by atoms with Gasteiger partial charge in [-0.2, -0.15) is 4.68 Å². The number of nitrogens with zero attached hydrogens (tertiary/aromatic N) is 2. The molecule has 9 heteroatoms. The number of aromatic amines is 2. The minimum atomic E-state index is -0.588. The zero-order valence-corrected chi connectivity index (χ0v) is 16.0. The lowest BCUT2D eigenvalue weighted by Gasteiger charge is -2.22. The predicted octanol–water partition coefficient (Wildman–Crippen LogP) is 2.38. The number of rotatable bonds is 2. The first-order chi connectivity index (χ1) is 11.8. The molecule has 0 bridgehead atoms. The lowest BCUT2D eigenvalue weighted by atomic mass is 10.2. The molecule has 0 saturated heterocycles. The van der Waals surface area contributed by atoms with Crippen LogP contribution in [0.25, 0.3) is 5.88 Å². The maximum absolute atomic E-state index is 11.2. The summed E-state index contributed by atoms with van der Waals surface area (Å²) in [6, 6.07) is 2.67. The van der Waals surface area contributed by atoms with Crippen molar-refractivity contribution in [3.8, 4) is 0 Å². The molecule has 2 rings (SSSR count). The third-order valence-electron chi connectivity index (χ3n) is 2.49. The molecule has 0 amide bonds. The summed E-state index contributed by atoms with van der Waals surface area (Å²) in [7, 11) is 0. The standard InChI is InChI=1S/C9H14N2O2.C8H12N2O3/c1-7(13-9(2,3)4)11-6-5-8(12)10-11;1-8(2,3)13-7(12)10-5-4-6(11)9-10/h5-6H,1H2,2-4H3,(H,10,12);4-5H,1-3H3,(H,9,11). The molecule has 2 aromatic rings. The van der Waals surface area contributed by atoms with Crippen LogP contribution < -0.4 is 11.1 Å². The molecule has 0 radical (unpaired) electrons. The van der Waals surface area contributed by atoms with Gasteiger partial charge >= 0.3 is 6.09 Å². The van der Waals surface area contributed by atoms with Crippen LogP contribution >= 0.6 is 0 Å². The van der Waals surface area contributed by atoms with E-state index in [1.54, 1.807) is 27.0 Å². The van der Waals surface area contributed by atoms with E-state index < -0.39 is 11.7 Å². The molecule has 0 aliphatic heterocycles. The summed E-state index contributed by atoms with van der Waals surface area (Å²) in [6.07, 6.45) is 2.32. The molecule has 0 saturated carbocycles. The third kappa shape index (κ3) is 7.73. The fraction of sp³-hybridized carbons (Fsp3) is 0.471. The Morgan fingerprint density at radius 3 is 1.65 bits per heavy atom. The second-order valence-electron chi connectivity index (χ2n) is 7.41. The van der Waals surface area contributed by atoms with E-state index in [-0.39, 0.29) is 16.7 Å². The Morgan fingerprint density at radius 1 is 0.885 bits per heavy atom. The highest BCUT2D eigenvalue weighted by Crippen LogP contribution is 2.14. The van der Waals surface area contributed by atoms with Crippen molar-refractivity contribution in [2.45, 2.75) is 52.7 Å². The first-order valence-corrected chi connectivity index (χ1v) is 7.94. The largest absolute Gasteiger partial charge is 0.472 e. The monoisotopic (exact) mass is 366 g/mol. The average molecular weight is 366 g/mol. The number of H-pyrrole nitrogens is 2. The van der Waals surface area contributed by atoms with Crippen LogP contribution in [-0.4, -0.2) is 36.9 Å². The van der Waals surface area contributed by atoms with Gasteiger partial charge in [0.25, 0.3) is 11.1 Å². The molecule has 144 valence electrons. The van der Waals surface area contributed by atoms with Gasteiger partial charge in [0.2, 0.25) is 5.88 Å². The van der Waals surface area contributed by atoms with E-state index in [4.69, 9.17) is 9.47 Å². The first kappa shape index (κ1) is 21.1. The number of ether oxygens (including phenoxy) is 2. The molecule has 0 aromatic carbocycles. The fourth-order valence-corrected chi connectivity index (χ4v) is 1.64. The summed E-state index contributed by atoms with van der Waals surface area (Å²) in [5.74, 6) is 0.412. The second-order valence-corrected chi connectivity index (χ2v) is 7.41. The summed E-state index contributed by atoms with van der Waals surface area (Å²) in [5, 5.41) is 4.82. The molecule has 0 fully saturated rings. The highest BCUT2D eigenvalue weighted by Gasteiger charge is 2.17. The van der Waals surface area contributed by atoms with Crippen LogP contribution in [-0.2, 0) is 9.47 Å². The normalized spacial score (nSPS) is 11.3. The van der Waals surface area contributed by atoms with E-state index >= 15 is 0 Å². The lowest BCUT2D eigenvalue weighted by Crippen LogP contribution is -2.28. The molecule has 0 aliphatic carbocycles. The van der Waals surface area contributed by atoms with Crippen molar-refractivity contribution in [1.82, 2.24) is 19.6 Å². The van der Waals surface area contributed by atoms with Crippen LogP contribution in [0.1, 0.15) is 41.5 Å². The van der Waals surface area contributed by atoms with Crippen LogP contribution in [0.15, 0.2) is 40.7 Å². The van der Waals surface area contributed by atoms with E-state index in [9.17, 15) is 14.4 Å². The molecule has 2 N–H and O–H groups in total. The minimum Gasteiger partial charge on any atom is -0.472 e. The number of hydrogen-bond donors (Lipinski definition) is 2. The first-order valence-electron chi connectivity index (χ1n) is 7.94. The highest BCUT2D eigenvalue weighted by molar-refractivity contribution is 5.69. The topological polar surface area (TPSA) is 111 Å². The molecule has 0 unspecified atom stereocenters. The van der Waals surface area contributed by atoms with Gasteiger partial charge < -0.3 is 9.47 Å². The van der Waals surface area contributed by atoms with Crippen molar-refractivity contribution < 1.29 is 14.3 Å². The average Bonchev–Trinajstić information content (AvgIpc) is 3.04. The van der Waals surface area contributed by atoms with Crippen LogP contribution in [0.5, 0.6) is 0 Å². The summed E-state index contributed by atoms with van der Waals surface area (Å²) < 4.78 is 12.9. The van der Waals surface area contributed by atoms with E-state index in [1.807, 2.05) is 20.8 Å². The zero-order chi connectivity index (χ0) is 20.1. The lowest BCUT2D eigenvalue weighted by molar-refractivity contribution is 0.0513. The van der Waals surface area contributed by atoms with Gasteiger partial charge in [0.05, 0.1) is 0 Å². The van der Waals surface area contributed by atoms with E-state index in [1.165, 1.54) is 23.0 Å². The van der Waals surface area contributed by atoms with Gasteiger partial charge in [0, 0.05) is 24.5 Å². The van der Waals surface area contributed by atoms with Gasteiger partial charge in [-0.05, 0) is 48.1 Å². The highest BCUT2D eigenvalue weighted by atomic mass is 16.6. The second kappa shape index (κ2) is 7.94. The molecule has 0 spiro atoms. The summed E-state index contributed by atoms with van der Waals surface area (Å²) >= 11 is 0. The summed E-state index contributed by atoms with van der Waals surface area (Å²) in [6.45, 7) is 14.7. The van der Waals surface area contributed by atoms with Crippen LogP contribution in [0.3, 0.4) is 0 Å². The van der Waals surface area contributed by atoms with Gasteiger partial charge in [0.1, 0.15) is 11.2 Å². The molecule has 9 nitrogen and oxygen atoms in total. The Hall–Kier alpha value is -2.97. The number of nitrogens with one attached hydrogen (secondary N) is 2.